The maximum atomic E-state index is 13.9. The molecule has 1 aliphatic carbocycles. The zero-order valence-electron chi connectivity index (χ0n) is 15.7. The molecule has 2 aromatic rings. The molecule has 2 fully saturated rings. The van der Waals surface area contributed by atoms with Gasteiger partial charge in [0.25, 0.3) is 0 Å². The van der Waals surface area contributed by atoms with Crippen molar-refractivity contribution < 1.29 is 17.2 Å². The summed E-state index contributed by atoms with van der Waals surface area (Å²) in [6.45, 7) is 0. The molecule has 1 aliphatic heterocycles. The fourth-order valence-electron chi connectivity index (χ4n) is 4.45. The molecule has 156 valence electrons. The van der Waals surface area contributed by atoms with Gasteiger partial charge in [0.1, 0.15) is 11.6 Å². The molecule has 0 radical (unpaired) electrons. The van der Waals surface area contributed by atoms with Gasteiger partial charge in [-0.25, -0.2) is 17.2 Å². The number of sulfonamides is 1. The molecular weight excluding hydrogens is 436 g/mol. The number of benzene rings is 2. The van der Waals surface area contributed by atoms with Gasteiger partial charge in [-0.05, 0) is 85.2 Å². The molecule has 2 aromatic carbocycles. The highest BCUT2D eigenvalue weighted by molar-refractivity contribution is 7.89. The maximum absolute atomic E-state index is 13.9. The van der Waals surface area contributed by atoms with Gasteiger partial charge >= 0.3 is 0 Å². The van der Waals surface area contributed by atoms with Gasteiger partial charge in [0.05, 0.1) is 10.9 Å². The van der Waals surface area contributed by atoms with Crippen molar-refractivity contribution in [3.8, 4) is 0 Å². The third-order valence-corrected chi connectivity index (χ3v) is 8.96. The summed E-state index contributed by atoms with van der Waals surface area (Å²) in [7, 11) is -3.91. The molecule has 2 aliphatic rings. The lowest BCUT2D eigenvalue weighted by Gasteiger charge is -2.44. The molecule has 2 atom stereocenters. The van der Waals surface area contributed by atoms with Crippen molar-refractivity contribution >= 4 is 34.3 Å². The minimum Gasteiger partial charge on any atom is -0.207 e. The minimum absolute atomic E-state index is 0.130. The van der Waals surface area contributed by atoms with Gasteiger partial charge in [0.2, 0.25) is 10.0 Å². The van der Waals surface area contributed by atoms with E-state index >= 15 is 0 Å². The van der Waals surface area contributed by atoms with Crippen LogP contribution in [0.1, 0.15) is 43.7 Å². The van der Waals surface area contributed by atoms with E-state index in [1.165, 1.54) is 40.7 Å². The molecule has 3 nitrogen and oxygen atoms in total. The monoisotopic (exact) mass is 457 g/mol. The Labute approximate surface area is 180 Å². The van der Waals surface area contributed by atoms with Crippen LogP contribution < -0.4 is 0 Å². The first kappa shape index (κ1) is 21.1. The van der Waals surface area contributed by atoms with E-state index in [-0.39, 0.29) is 16.4 Å². The third-order valence-electron chi connectivity index (χ3n) is 6.14. The maximum Gasteiger partial charge on any atom is 0.243 e. The standard InChI is InChI=1S/C21H22ClF2NO2S2/c22-15-4-6-18(7-5-15)29(26,27)25-19(14-10-16(23)12-17(24)11-14)2-1-3-20(25)21(13-28)8-9-21/h4-7,10-12,19-20,28H,1-3,8-9,13H2/t19-,20+/m1/s1. The van der Waals surface area contributed by atoms with Crippen LogP contribution in [0.25, 0.3) is 0 Å². The van der Waals surface area contributed by atoms with Crippen LogP contribution in [-0.4, -0.2) is 24.5 Å². The molecule has 0 spiro atoms. The Morgan fingerprint density at radius 2 is 1.69 bits per heavy atom. The lowest BCUT2D eigenvalue weighted by molar-refractivity contribution is 0.128. The van der Waals surface area contributed by atoms with Crippen LogP contribution >= 0.6 is 24.2 Å². The lowest BCUT2D eigenvalue weighted by atomic mass is 9.86. The van der Waals surface area contributed by atoms with E-state index < -0.39 is 27.7 Å². The van der Waals surface area contributed by atoms with Gasteiger partial charge in [0.15, 0.2) is 0 Å². The number of piperidine rings is 1. The number of hydrogen-bond acceptors (Lipinski definition) is 3. The molecule has 29 heavy (non-hydrogen) atoms. The van der Waals surface area contributed by atoms with Crippen LogP contribution in [-0.2, 0) is 10.0 Å². The van der Waals surface area contributed by atoms with Crippen molar-refractivity contribution in [2.24, 2.45) is 5.41 Å². The van der Waals surface area contributed by atoms with Crippen molar-refractivity contribution in [1.29, 1.82) is 0 Å². The highest BCUT2D eigenvalue weighted by atomic mass is 35.5. The third kappa shape index (κ3) is 3.94. The largest absolute Gasteiger partial charge is 0.243 e. The smallest absolute Gasteiger partial charge is 0.207 e. The lowest BCUT2D eigenvalue weighted by Crippen LogP contribution is -2.50. The second kappa shape index (κ2) is 7.84. The second-order valence-corrected chi connectivity index (χ2v) is 10.6. The predicted molar refractivity (Wildman–Crippen MR) is 113 cm³/mol. The van der Waals surface area contributed by atoms with Crippen LogP contribution in [0.4, 0.5) is 8.78 Å². The Hall–Kier alpha value is -1.15. The molecule has 0 unspecified atom stereocenters. The Kier molecular flexibility index (Phi) is 5.70. The molecule has 8 heteroatoms. The molecule has 0 N–H and O–H groups in total. The summed E-state index contributed by atoms with van der Waals surface area (Å²) in [6.07, 6.45) is 3.81. The zero-order chi connectivity index (χ0) is 20.8. The molecule has 0 amide bonds. The van der Waals surface area contributed by atoms with E-state index in [1.54, 1.807) is 0 Å². The fraction of sp³-hybridized carbons (Fsp3) is 0.429. The molecule has 0 bridgehead atoms. The second-order valence-electron chi connectivity index (χ2n) is 7.97. The Morgan fingerprint density at radius 3 is 2.24 bits per heavy atom. The topological polar surface area (TPSA) is 37.4 Å². The SMILES string of the molecule is O=S(=O)(c1ccc(Cl)cc1)N1[C@@H](c2cc(F)cc(F)c2)CCC[C@H]1C1(CS)CC1. The van der Waals surface area contributed by atoms with Gasteiger partial charge in [-0.3, -0.25) is 0 Å². The zero-order valence-corrected chi connectivity index (χ0v) is 18.2. The van der Waals surface area contributed by atoms with Gasteiger partial charge < -0.3 is 0 Å². The summed E-state index contributed by atoms with van der Waals surface area (Å²) >= 11 is 10.4. The van der Waals surface area contributed by atoms with E-state index in [9.17, 15) is 17.2 Å². The summed E-state index contributed by atoms with van der Waals surface area (Å²) in [6, 6.07) is 8.42. The van der Waals surface area contributed by atoms with Crippen molar-refractivity contribution in [3.05, 3.63) is 64.7 Å². The van der Waals surface area contributed by atoms with Crippen LogP contribution in [0.2, 0.25) is 5.02 Å². The molecule has 0 aromatic heterocycles. The van der Waals surface area contributed by atoms with Crippen molar-refractivity contribution in [1.82, 2.24) is 4.31 Å². The molecule has 1 saturated carbocycles. The average molecular weight is 458 g/mol. The summed E-state index contributed by atoms with van der Waals surface area (Å²) in [5, 5.41) is 0.442. The predicted octanol–water partition coefficient (Wildman–Crippen LogP) is 5.61. The van der Waals surface area contributed by atoms with E-state index in [2.05, 4.69) is 12.6 Å². The van der Waals surface area contributed by atoms with Gasteiger partial charge in [-0.15, -0.1) is 0 Å². The van der Waals surface area contributed by atoms with E-state index in [0.717, 1.165) is 25.3 Å². The van der Waals surface area contributed by atoms with Gasteiger partial charge in [-0.2, -0.15) is 16.9 Å². The van der Waals surface area contributed by atoms with E-state index in [4.69, 9.17) is 11.6 Å². The fourth-order valence-corrected chi connectivity index (χ4v) is 7.06. The highest BCUT2D eigenvalue weighted by Gasteiger charge is 2.55. The van der Waals surface area contributed by atoms with Crippen LogP contribution in [0.5, 0.6) is 0 Å². The molecule has 1 saturated heterocycles. The number of thiol groups is 1. The quantitative estimate of drug-likeness (QED) is 0.592. The number of halogens is 3. The molecule has 4 rings (SSSR count). The van der Waals surface area contributed by atoms with Crippen molar-refractivity contribution in [2.45, 2.75) is 49.1 Å². The summed E-state index contributed by atoms with van der Waals surface area (Å²) in [4.78, 5) is 0.130. The number of rotatable bonds is 5. The summed E-state index contributed by atoms with van der Waals surface area (Å²) in [5.74, 6) is -0.836. The first-order valence-corrected chi connectivity index (χ1v) is 12.1. The minimum atomic E-state index is -3.91. The Bertz CT molecular complexity index is 990. The first-order chi connectivity index (χ1) is 13.8. The van der Waals surface area contributed by atoms with Crippen molar-refractivity contribution in [2.75, 3.05) is 5.75 Å². The van der Waals surface area contributed by atoms with E-state index in [1.807, 2.05) is 0 Å². The Morgan fingerprint density at radius 1 is 1.07 bits per heavy atom. The normalized spacial score (nSPS) is 24.4. The van der Waals surface area contributed by atoms with Gasteiger partial charge in [0, 0.05) is 17.1 Å². The molecular formula is C21H22ClF2NO2S2. The first-order valence-electron chi connectivity index (χ1n) is 9.63. The Balaban J connectivity index is 1.84. The van der Waals surface area contributed by atoms with E-state index in [0.29, 0.717) is 29.2 Å². The average Bonchev–Trinajstić information content (AvgIpc) is 3.48. The number of nitrogens with zero attached hydrogens (tertiary/aromatic N) is 1. The summed E-state index contributed by atoms with van der Waals surface area (Å²) in [5.41, 5.74) is 0.160. The molecule has 1 heterocycles. The van der Waals surface area contributed by atoms with Crippen LogP contribution in [0.15, 0.2) is 47.4 Å². The van der Waals surface area contributed by atoms with Crippen LogP contribution in [0.3, 0.4) is 0 Å². The summed E-state index contributed by atoms with van der Waals surface area (Å²) < 4.78 is 56.8. The highest BCUT2D eigenvalue weighted by Crippen LogP contribution is 2.57. The number of hydrogen-bond donors (Lipinski definition) is 1. The van der Waals surface area contributed by atoms with Gasteiger partial charge in [-0.1, -0.05) is 11.6 Å². The van der Waals surface area contributed by atoms with Crippen LogP contribution in [0, 0.1) is 17.0 Å². The van der Waals surface area contributed by atoms with Crippen molar-refractivity contribution in [3.63, 3.8) is 0 Å².